The zero-order chi connectivity index (χ0) is 13.8. The van der Waals surface area contributed by atoms with E-state index in [1.54, 1.807) is 18.2 Å². The number of hydrazone groups is 1. The average molecular weight is 263 g/mol. The number of carbonyl (C=O) groups is 1. The largest absolute Gasteiger partial charge is 0.330 e. The smallest absolute Gasteiger partial charge is 0.256 e. The molecule has 1 aliphatic heterocycles. The van der Waals surface area contributed by atoms with E-state index in [2.05, 4.69) is 5.10 Å². The third-order valence-electron chi connectivity index (χ3n) is 3.28. The summed E-state index contributed by atoms with van der Waals surface area (Å²) in [7, 11) is 0. The van der Waals surface area contributed by atoms with Crippen molar-refractivity contribution in [2.24, 2.45) is 16.8 Å². The van der Waals surface area contributed by atoms with Crippen molar-refractivity contribution in [2.75, 3.05) is 11.6 Å². The summed E-state index contributed by atoms with van der Waals surface area (Å²) in [6.07, 6.45) is 2.12. The molecule has 0 spiro atoms. The second-order valence-electron chi connectivity index (χ2n) is 4.53. The second kappa shape index (κ2) is 5.93. The number of anilines is 1. The highest BCUT2D eigenvalue weighted by molar-refractivity contribution is 6.15. The first kappa shape index (κ1) is 13.7. The van der Waals surface area contributed by atoms with Crippen LogP contribution in [0.2, 0.25) is 0 Å². The standard InChI is InChI=1S/C14H18FN3O/c1-2-12-10(6-5-9-16)14(19)18(17-12)13-8-4-3-7-11(13)15/h3-4,7-8,10H,2,5-6,9,16H2,1H3. The maximum absolute atomic E-state index is 13.7. The average Bonchev–Trinajstić information content (AvgIpc) is 2.73. The maximum Gasteiger partial charge on any atom is 0.256 e. The van der Waals surface area contributed by atoms with Crippen molar-refractivity contribution in [1.29, 1.82) is 0 Å². The Morgan fingerprint density at radius 3 is 2.79 bits per heavy atom. The van der Waals surface area contributed by atoms with E-state index in [1.165, 1.54) is 11.1 Å². The number of nitrogens with zero attached hydrogens (tertiary/aromatic N) is 2. The van der Waals surface area contributed by atoms with Crippen LogP contribution in [0.25, 0.3) is 0 Å². The Balaban J connectivity index is 2.27. The molecule has 4 nitrogen and oxygen atoms in total. The molecule has 2 rings (SSSR count). The van der Waals surface area contributed by atoms with Crippen LogP contribution in [0.4, 0.5) is 10.1 Å². The minimum Gasteiger partial charge on any atom is -0.330 e. The summed E-state index contributed by atoms with van der Waals surface area (Å²) in [4.78, 5) is 12.3. The van der Waals surface area contributed by atoms with Gasteiger partial charge in [0.15, 0.2) is 0 Å². The minimum absolute atomic E-state index is 0.157. The van der Waals surface area contributed by atoms with E-state index in [0.29, 0.717) is 19.4 Å². The molecule has 5 heteroatoms. The highest BCUT2D eigenvalue weighted by Crippen LogP contribution is 2.29. The predicted octanol–water partition coefficient (Wildman–Crippen LogP) is 2.29. The van der Waals surface area contributed by atoms with Crippen molar-refractivity contribution in [2.45, 2.75) is 26.2 Å². The van der Waals surface area contributed by atoms with E-state index < -0.39 is 5.82 Å². The van der Waals surface area contributed by atoms with E-state index >= 15 is 0 Å². The lowest BCUT2D eigenvalue weighted by atomic mass is 9.96. The molecule has 0 bridgehead atoms. The summed E-state index contributed by atoms with van der Waals surface area (Å²) in [5.74, 6) is -0.849. The maximum atomic E-state index is 13.7. The monoisotopic (exact) mass is 263 g/mol. The molecule has 1 heterocycles. The summed E-state index contributed by atoms with van der Waals surface area (Å²) in [6, 6.07) is 6.18. The van der Waals surface area contributed by atoms with E-state index in [4.69, 9.17) is 5.73 Å². The van der Waals surface area contributed by atoms with Crippen LogP contribution in [0.1, 0.15) is 26.2 Å². The Labute approximate surface area is 112 Å². The number of hydrogen-bond acceptors (Lipinski definition) is 3. The number of para-hydroxylation sites is 1. The van der Waals surface area contributed by atoms with Crippen molar-refractivity contribution >= 4 is 17.3 Å². The van der Waals surface area contributed by atoms with Crippen molar-refractivity contribution in [3.63, 3.8) is 0 Å². The third kappa shape index (κ3) is 2.66. The van der Waals surface area contributed by atoms with Gasteiger partial charge >= 0.3 is 0 Å². The van der Waals surface area contributed by atoms with Gasteiger partial charge in [-0.1, -0.05) is 19.1 Å². The molecule has 1 aromatic rings. The Morgan fingerprint density at radius 2 is 2.16 bits per heavy atom. The van der Waals surface area contributed by atoms with Crippen LogP contribution in [0.15, 0.2) is 29.4 Å². The SMILES string of the molecule is CCC1=NN(c2ccccc2F)C(=O)C1CCCN. The molecule has 0 saturated carbocycles. The van der Waals surface area contributed by atoms with Gasteiger partial charge in [-0.15, -0.1) is 0 Å². The third-order valence-corrected chi connectivity index (χ3v) is 3.28. The molecule has 0 saturated heterocycles. The molecule has 0 radical (unpaired) electrons. The van der Waals surface area contributed by atoms with Gasteiger partial charge in [0.1, 0.15) is 11.5 Å². The summed E-state index contributed by atoms with van der Waals surface area (Å²) >= 11 is 0. The fraction of sp³-hybridized carbons (Fsp3) is 0.429. The van der Waals surface area contributed by atoms with Crippen LogP contribution in [0, 0.1) is 11.7 Å². The first-order valence-corrected chi connectivity index (χ1v) is 6.55. The second-order valence-corrected chi connectivity index (χ2v) is 4.53. The number of nitrogens with two attached hydrogens (primary N) is 1. The van der Waals surface area contributed by atoms with Gasteiger partial charge in [-0.2, -0.15) is 10.1 Å². The number of benzene rings is 1. The van der Waals surface area contributed by atoms with Gasteiger partial charge in [0.25, 0.3) is 5.91 Å². The van der Waals surface area contributed by atoms with E-state index in [1.807, 2.05) is 6.92 Å². The fourth-order valence-electron chi connectivity index (χ4n) is 2.26. The number of hydrogen-bond donors (Lipinski definition) is 1. The van der Waals surface area contributed by atoms with Gasteiger partial charge in [-0.25, -0.2) is 4.39 Å². The van der Waals surface area contributed by atoms with Crippen molar-refractivity contribution in [3.05, 3.63) is 30.1 Å². The van der Waals surface area contributed by atoms with Gasteiger partial charge in [-0.3, -0.25) is 4.79 Å². The van der Waals surface area contributed by atoms with Crippen molar-refractivity contribution < 1.29 is 9.18 Å². The van der Waals surface area contributed by atoms with Gasteiger partial charge in [0.05, 0.1) is 11.6 Å². The molecule has 0 aliphatic carbocycles. The number of rotatable bonds is 5. The molecule has 1 aliphatic rings. The van der Waals surface area contributed by atoms with Gasteiger partial charge < -0.3 is 5.73 Å². The summed E-state index contributed by atoms with van der Waals surface area (Å²) < 4.78 is 13.7. The summed E-state index contributed by atoms with van der Waals surface area (Å²) in [5.41, 5.74) is 6.51. The van der Waals surface area contributed by atoms with E-state index in [-0.39, 0.29) is 17.5 Å². The van der Waals surface area contributed by atoms with Gasteiger partial charge in [0, 0.05) is 0 Å². The van der Waals surface area contributed by atoms with Crippen LogP contribution in [-0.2, 0) is 4.79 Å². The molecule has 1 amide bonds. The molecular weight excluding hydrogens is 245 g/mol. The topological polar surface area (TPSA) is 58.7 Å². The van der Waals surface area contributed by atoms with Gasteiger partial charge in [-0.05, 0) is 37.9 Å². The first-order valence-electron chi connectivity index (χ1n) is 6.55. The Kier molecular flexibility index (Phi) is 4.27. The van der Waals surface area contributed by atoms with Crippen molar-refractivity contribution in [3.8, 4) is 0 Å². The summed E-state index contributed by atoms with van der Waals surface area (Å²) in [6.45, 7) is 2.49. The Morgan fingerprint density at radius 1 is 1.42 bits per heavy atom. The number of halogens is 1. The van der Waals surface area contributed by atoms with Crippen molar-refractivity contribution in [1.82, 2.24) is 0 Å². The zero-order valence-electron chi connectivity index (χ0n) is 11.0. The Bertz CT molecular complexity index is 501. The molecule has 0 aromatic heterocycles. The normalized spacial score (nSPS) is 18.9. The predicted molar refractivity (Wildman–Crippen MR) is 73.4 cm³/mol. The summed E-state index contributed by atoms with van der Waals surface area (Å²) in [5, 5.41) is 5.46. The highest BCUT2D eigenvalue weighted by atomic mass is 19.1. The minimum atomic E-state index is -0.436. The molecule has 19 heavy (non-hydrogen) atoms. The van der Waals surface area contributed by atoms with E-state index in [0.717, 1.165) is 12.1 Å². The van der Waals surface area contributed by atoms with Gasteiger partial charge in [0.2, 0.25) is 0 Å². The van der Waals surface area contributed by atoms with Crippen LogP contribution in [0.5, 0.6) is 0 Å². The Hall–Kier alpha value is -1.75. The molecule has 0 fully saturated rings. The molecule has 1 atom stereocenters. The van der Waals surface area contributed by atoms with E-state index in [9.17, 15) is 9.18 Å². The number of amides is 1. The van der Waals surface area contributed by atoms with Crippen LogP contribution in [-0.4, -0.2) is 18.2 Å². The zero-order valence-corrected chi connectivity index (χ0v) is 11.0. The van der Waals surface area contributed by atoms with Crippen LogP contribution < -0.4 is 10.7 Å². The van der Waals surface area contributed by atoms with Crippen LogP contribution >= 0.6 is 0 Å². The molecule has 1 unspecified atom stereocenters. The molecule has 102 valence electrons. The first-order chi connectivity index (χ1) is 9.19. The number of carbonyl (C=O) groups excluding carboxylic acids is 1. The molecular formula is C14H18FN3O. The lowest BCUT2D eigenvalue weighted by Gasteiger charge is -2.14. The lowest BCUT2D eigenvalue weighted by molar-refractivity contribution is -0.120. The highest BCUT2D eigenvalue weighted by Gasteiger charge is 2.35. The molecule has 2 N–H and O–H groups in total. The fourth-order valence-corrected chi connectivity index (χ4v) is 2.26. The quantitative estimate of drug-likeness (QED) is 0.886. The van der Waals surface area contributed by atoms with Crippen LogP contribution in [0.3, 0.4) is 0 Å². The lowest BCUT2D eigenvalue weighted by Crippen LogP contribution is -2.28. The molecule has 1 aromatic carbocycles.